The maximum Gasteiger partial charge on any atom is 0.129 e. The highest BCUT2D eigenvalue weighted by molar-refractivity contribution is 7.07. The lowest BCUT2D eigenvalue weighted by atomic mass is 10.1. The van der Waals surface area contributed by atoms with Gasteiger partial charge < -0.3 is 5.11 Å². The van der Waals surface area contributed by atoms with Gasteiger partial charge in [0.25, 0.3) is 0 Å². The monoisotopic (exact) mass is 239 g/mol. The maximum absolute atomic E-state index is 9.93. The molecule has 78 valence electrons. The van der Waals surface area contributed by atoms with Gasteiger partial charge in [0.05, 0.1) is 6.10 Å². The van der Waals surface area contributed by atoms with Gasteiger partial charge in [-0.15, -0.1) is 0 Å². The van der Waals surface area contributed by atoms with Crippen molar-refractivity contribution in [3.05, 3.63) is 51.4 Å². The Morgan fingerprint density at radius 1 is 1.47 bits per heavy atom. The summed E-state index contributed by atoms with van der Waals surface area (Å²) in [6, 6.07) is 5.48. The van der Waals surface area contributed by atoms with Gasteiger partial charge in [-0.3, -0.25) is 0 Å². The van der Waals surface area contributed by atoms with Crippen molar-refractivity contribution in [1.29, 1.82) is 0 Å². The van der Waals surface area contributed by atoms with E-state index in [9.17, 15) is 5.11 Å². The molecule has 1 atom stereocenters. The molecular weight excluding hydrogens is 230 g/mol. The lowest BCUT2D eigenvalue weighted by molar-refractivity contribution is 0.178. The molecule has 0 radical (unpaired) electrons. The maximum atomic E-state index is 9.93. The van der Waals surface area contributed by atoms with Crippen LogP contribution in [0.1, 0.15) is 17.2 Å². The lowest BCUT2D eigenvalue weighted by Crippen LogP contribution is -2.01. The molecule has 2 aromatic rings. The topological polar surface area (TPSA) is 33.1 Å². The van der Waals surface area contributed by atoms with Crippen molar-refractivity contribution in [3.63, 3.8) is 0 Å². The Balaban J connectivity index is 2.11. The predicted octanol–water partition coefficient (Wildman–Crippen LogP) is 3.07. The molecule has 15 heavy (non-hydrogen) atoms. The van der Waals surface area contributed by atoms with Crippen LogP contribution in [-0.2, 0) is 6.42 Å². The van der Waals surface area contributed by atoms with Crippen LogP contribution in [0, 0.1) is 0 Å². The molecule has 1 N–H and O–H groups in total. The first kappa shape index (κ1) is 10.6. The molecule has 2 heterocycles. The summed E-state index contributed by atoms with van der Waals surface area (Å²) in [5.74, 6) is 0. The molecule has 2 nitrogen and oxygen atoms in total. The molecule has 0 saturated carbocycles. The van der Waals surface area contributed by atoms with E-state index in [0.29, 0.717) is 11.6 Å². The average Bonchev–Trinajstić information content (AvgIpc) is 2.70. The summed E-state index contributed by atoms with van der Waals surface area (Å²) in [6.45, 7) is 0. The molecular formula is C11H10ClNOS. The highest BCUT2D eigenvalue weighted by Crippen LogP contribution is 2.20. The second-order valence-electron chi connectivity index (χ2n) is 3.26. The van der Waals surface area contributed by atoms with E-state index in [4.69, 9.17) is 11.6 Å². The molecule has 2 rings (SSSR count). The highest BCUT2D eigenvalue weighted by Gasteiger charge is 2.09. The number of rotatable bonds is 3. The molecule has 0 aliphatic carbocycles. The molecule has 0 saturated heterocycles. The van der Waals surface area contributed by atoms with Crippen molar-refractivity contribution in [2.75, 3.05) is 0 Å². The second-order valence-corrected chi connectivity index (χ2v) is 4.43. The van der Waals surface area contributed by atoms with Gasteiger partial charge in [0.2, 0.25) is 0 Å². The van der Waals surface area contributed by atoms with Crippen LogP contribution in [0.4, 0.5) is 0 Å². The summed E-state index contributed by atoms with van der Waals surface area (Å²) in [7, 11) is 0. The van der Waals surface area contributed by atoms with Gasteiger partial charge in [0.15, 0.2) is 0 Å². The van der Waals surface area contributed by atoms with Gasteiger partial charge in [0, 0.05) is 12.6 Å². The van der Waals surface area contributed by atoms with Crippen LogP contribution in [0.15, 0.2) is 35.2 Å². The summed E-state index contributed by atoms with van der Waals surface area (Å²) in [6.07, 6.45) is 1.71. The Morgan fingerprint density at radius 3 is 3.00 bits per heavy atom. The molecule has 0 aromatic carbocycles. The lowest BCUT2D eigenvalue weighted by Gasteiger charge is -2.09. The number of halogens is 1. The average molecular weight is 240 g/mol. The third-order valence-corrected chi connectivity index (χ3v) is 3.08. The summed E-state index contributed by atoms with van der Waals surface area (Å²) < 4.78 is 0. The fraction of sp³-hybridized carbons (Fsp3) is 0.182. The van der Waals surface area contributed by atoms with Crippen LogP contribution in [0.5, 0.6) is 0 Å². The number of aromatic nitrogens is 1. The number of aliphatic hydroxyl groups excluding tert-OH is 1. The normalized spacial score (nSPS) is 12.7. The molecule has 0 amide bonds. The Morgan fingerprint density at radius 2 is 2.33 bits per heavy atom. The number of thiophene rings is 1. The smallest absolute Gasteiger partial charge is 0.129 e. The zero-order valence-electron chi connectivity index (χ0n) is 7.93. The van der Waals surface area contributed by atoms with Gasteiger partial charge in [-0.05, 0) is 40.1 Å². The molecule has 0 aliphatic rings. The molecule has 0 aliphatic heterocycles. The Bertz CT molecular complexity index is 430. The van der Waals surface area contributed by atoms with E-state index < -0.39 is 6.10 Å². The molecule has 0 spiro atoms. The standard InChI is InChI=1S/C11H10ClNOS/c12-11-6-9(1-3-13-11)10(14)5-8-2-4-15-7-8/h1-4,6-7,10,14H,5H2. The van der Waals surface area contributed by atoms with E-state index >= 15 is 0 Å². The third kappa shape index (κ3) is 2.78. The molecule has 0 fully saturated rings. The highest BCUT2D eigenvalue weighted by atomic mass is 35.5. The van der Waals surface area contributed by atoms with E-state index in [1.807, 2.05) is 16.8 Å². The zero-order chi connectivity index (χ0) is 10.7. The van der Waals surface area contributed by atoms with E-state index in [0.717, 1.165) is 11.1 Å². The SMILES string of the molecule is OC(Cc1ccsc1)c1ccnc(Cl)c1. The Labute approximate surface area is 97.2 Å². The van der Waals surface area contributed by atoms with Crippen LogP contribution in [-0.4, -0.2) is 10.1 Å². The summed E-state index contributed by atoms with van der Waals surface area (Å²) in [5, 5.41) is 14.4. The number of nitrogens with zero attached hydrogens (tertiary/aromatic N) is 1. The fourth-order valence-electron chi connectivity index (χ4n) is 1.37. The van der Waals surface area contributed by atoms with Crippen LogP contribution in [0.25, 0.3) is 0 Å². The molecule has 1 unspecified atom stereocenters. The third-order valence-electron chi connectivity index (χ3n) is 2.14. The van der Waals surface area contributed by atoms with Crippen LogP contribution in [0.2, 0.25) is 5.15 Å². The summed E-state index contributed by atoms with van der Waals surface area (Å²) in [4.78, 5) is 3.88. The van der Waals surface area contributed by atoms with E-state index in [1.54, 1.807) is 29.7 Å². The van der Waals surface area contributed by atoms with Gasteiger partial charge >= 0.3 is 0 Å². The van der Waals surface area contributed by atoms with Gasteiger partial charge in [-0.1, -0.05) is 11.6 Å². The molecule has 4 heteroatoms. The van der Waals surface area contributed by atoms with Gasteiger partial charge in [-0.25, -0.2) is 4.98 Å². The van der Waals surface area contributed by atoms with Crippen molar-refractivity contribution in [3.8, 4) is 0 Å². The minimum Gasteiger partial charge on any atom is -0.388 e. The van der Waals surface area contributed by atoms with Crippen LogP contribution >= 0.6 is 22.9 Å². The molecule has 0 bridgehead atoms. The minimum absolute atomic E-state index is 0.414. The van der Waals surface area contributed by atoms with E-state index in [1.165, 1.54) is 0 Å². The first-order chi connectivity index (χ1) is 7.25. The van der Waals surface area contributed by atoms with Crippen molar-refractivity contribution >= 4 is 22.9 Å². The summed E-state index contributed by atoms with van der Waals surface area (Å²) >= 11 is 7.38. The Hall–Kier alpha value is -0.900. The van der Waals surface area contributed by atoms with Gasteiger partial charge in [-0.2, -0.15) is 11.3 Å². The van der Waals surface area contributed by atoms with Crippen molar-refractivity contribution in [1.82, 2.24) is 4.98 Å². The number of hydrogen-bond donors (Lipinski definition) is 1. The first-order valence-electron chi connectivity index (χ1n) is 4.56. The quantitative estimate of drug-likeness (QED) is 0.836. The van der Waals surface area contributed by atoms with E-state index in [-0.39, 0.29) is 0 Å². The van der Waals surface area contributed by atoms with Gasteiger partial charge in [0.1, 0.15) is 5.15 Å². The van der Waals surface area contributed by atoms with Crippen molar-refractivity contribution in [2.45, 2.75) is 12.5 Å². The number of aliphatic hydroxyl groups is 1. The van der Waals surface area contributed by atoms with Crippen LogP contribution in [0.3, 0.4) is 0 Å². The predicted molar refractivity (Wildman–Crippen MR) is 62.2 cm³/mol. The second kappa shape index (κ2) is 4.75. The molecule has 2 aromatic heterocycles. The Kier molecular flexibility index (Phi) is 3.36. The number of pyridine rings is 1. The zero-order valence-corrected chi connectivity index (χ0v) is 9.50. The largest absolute Gasteiger partial charge is 0.388 e. The van der Waals surface area contributed by atoms with Crippen molar-refractivity contribution in [2.24, 2.45) is 0 Å². The first-order valence-corrected chi connectivity index (χ1v) is 5.88. The fourth-order valence-corrected chi connectivity index (χ4v) is 2.24. The minimum atomic E-state index is -0.514. The van der Waals surface area contributed by atoms with Crippen LogP contribution < -0.4 is 0 Å². The van der Waals surface area contributed by atoms with E-state index in [2.05, 4.69) is 4.98 Å². The van der Waals surface area contributed by atoms with Crippen molar-refractivity contribution < 1.29 is 5.11 Å². The number of hydrogen-bond acceptors (Lipinski definition) is 3. The summed E-state index contributed by atoms with van der Waals surface area (Å²) in [5.41, 5.74) is 1.95.